The van der Waals surface area contributed by atoms with Gasteiger partial charge in [-0.05, 0) is 47.5 Å². The maximum Gasteiger partial charge on any atom is 0.250 e. The lowest BCUT2D eigenvalue weighted by molar-refractivity contribution is -0.121. The van der Waals surface area contributed by atoms with Crippen LogP contribution in [0.3, 0.4) is 0 Å². The Hall–Kier alpha value is -3.42. The van der Waals surface area contributed by atoms with Crippen molar-refractivity contribution in [3.63, 3.8) is 0 Å². The zero-order valence-electron chi connectivity index (χ0n) is 14.7. The van der Waals surface area contributed by atoms with E-state index < -0.39 is 5.54 Å². The molecule has 3 aromatic rings. The molecule has 0 unspecified atom stereocenters. The summed E-state index contributed by atoms with van der Waals surface area (Å²) in [7, 11) is 0. The van der Waals surface area contributed by atoms with Crippen molar-refractivity contribution in [2.24, 2.45) is 0 Å². The van der Waals surface area contributed by atoms with Gasteiger partial charge in [0.25, 0.3) is 0 Å². The van der Waals surface area contributed by atoms with Gasteiger partial charge in [-0.3, -0.25) is 4.79 Å². The minimum absolute atomic E-state index is 0.0310. The standard InChI is InChI=1S/C19H19N7O/c27-17-19(21-16-9-5-4-8-15(16)20-17)10-12-25(13-11-19)18-22-23-24-26(18)14-6-2-1-3-7-14/h1-9,21H,10-13H2,(H,20,27). The molecule has 5 rings (SSSR count). The molecule has 2 aromatic carbocycles. The number of aromatic nitrogens is 4. The normalized spacial score (nSPS) is 17.9. The van der Waals surface area contributed by atoms with E-state index in [2.05, 4.69) is 31.1 Å². The number of benzene rings is 2. The lowest BCUT2D eigenvalue weighted by Gasteiger charge is -2.44. The summed E-state index contributed by atoms with van der Waals surface area (Å²) in [5.74, 6) is 0.733. The third-order valence-electron chi connectivity index (χ3n) is 5.34. The molecular weight excluding hydrogens is 342 g/mol. The number of carbonyl (C=O) groups excluding carboxylic acids is 1. The van der Waals surface area contributed by atoms with Crippen LogP contribution in [0.15, 0.2) is 54.6 Å². The number of hydrogen-bond donors (Lipinski definition) is 2. The Morgan fingerprint density at radius 2 is 1.63 bits per heavy atom. The van der Waals surface area contributed by atoms with Crippen LogP contribution in [-0.4, -0.2) is 44.7 Å². The zero-order chi connectivity index (χ0) is 18.3. The number of rotatable bonds is 2. The maximum absolute atomic E-state index is 12.8. The van der Waals surface area contributed by atoms with Crippen LogP contribution in [0.5, 0.6) is 0 Å². The average Bonchev–Trinajstić information content (AvgIpc) is 3.20. The minimum Gasteiger partial charge on any atom is -0.369 e. The van der Waals surface area contributed by atoms with Crippen molar-refractivity contribution in [3.8, 4) is 5.69 Å². The van der Waals surface area contributed by atoms with Crippen LogP contribution >= 0.6 is 0 Å². The smallest absolute Gasteiger partial charge is 0.250 e. The molecule has 8 nitrogen and oxygen atoms in total. The highest BCUT2D eigenvalue weighted by molar-refractivity contribution is 6.06. The van der Waals surface area contributed by atoms with E-state index in [0.717, 1.165) is 17.1 Å². The van der Waals surface area contributed by atoms with Gasteiger partial charge in [-0.15, -0.1) is 0 Å². The second kappa shape index (κ2) is 6.08. The summed E-state index contributed by atoms with van der Waals surface area (Å²) < 4.78 is 1.74. The van der Waals surface area contributed by atoms with E-state index in [1.807, 2.05) is 54.6 Å². The lowest BCUT2D eigenvalue weighted by Crippen LogP contribution is -2.58. The number of carbonyl (C=O) groups is 1. The lowest BCUT2D eigenvalue weighted by atomic mass is 9.84. The molecule has 2 aliphatic heterocycles. The Morgan fingerprint density at radius 1 is 0.926 bits per heavy atom. The van der Waals surface area contributed by atoms with Crippen molar-refractivity contribution in [1.29, 1.82) is 0 Å². The molecule has 1 fully saturated rings. The molecular formula is C19H19N7O. The number of piperidine rings is 1. The Morgan fingerprint density at radius 3 is 2.41 bits per heavy atom. The topological polar surface area (TPSA) is 88.0 Å². The summed E-state index contributed by atoms with van der Waals surface area (Å²) in [5, 5.41) is 18.7. The first-order chi connectivity index (χ1) is 13.3. The van der Waals surface area contributed by atoms with E-state index in [9.17, 15) is 4.79 Å². The molecule has 2 N–H and O–H groups in total. The van der Waals surface area contributed by atoms with Crippen LogP contribution in [0.1, 0.15) is 12.8 Å². The summed E-state index contributed by atoms with van der Waals surface area (Å²) in [5.41, 5.74) is 2.14. The number of amides is 1. The number of hydrogen-bond acceptors (Lipinski definition) is 6. The number of fused-ring (bicyclic) bond motifs is 1. The number of tetrazole rings is 1. The molecule has 3 heterocycles. The maximum atomic E-state index is 12.8. The van der Waals surface area contributed by atoms with Gasteiger partial charge in [-0.25, -0.2) is 0 Å². The van der Waals surface area contributed by atoms with E-state index in [0.29, 0.717) is 31.9 Å². The van der Waals surface area contributed by atoms with Crippen molar-refractivity contribution < 1.29 is 4.79 Å². The molecule has 8 heteroatoms. The number of nitrogens with one attached hydrogen (secondary N) is 2. The first kappa shape index (κ1) is 15.8. The Bertz CT molecular complexity index is 976. The number of anilines is 3. The van der Waals surface area contributed by atoms with E-state index in [4.69, 9.17) is 0 Å². The summed E-state index contributed by atoms with van der Waals surface area (Å²) in [4.78, 5) is 14.9. The van der Waals surface area contributed by atoms with Crippen LogP contribution in [0.25, 0.3) is 5.69 Å². The van der Waals surface area contributed by atoms with Crippen LogP contribution in [0.4, 0.5) is 17.3 Å². The fraction of sp³-hybridized carbons (Fsp3) is 0.263. The van der Waals surface area contributed by atoms with Crippen LogP contribution in [-0.2, 0) is 4.79 Å². The van der Waals surface area contributed by atoms with Gasteiger partial charge >= 0.3 is 0 Å². The van der Waals surface area contributed by atoms with Crippen molar-refractivity contribution in [1.82, 2.24) is 20.2 Å². The van der Waals surface area contributed by atoms with Gasteiger partial charge in [0, 0.05) is 13.1 Å². The van der Waals surface area contributed by atoms with E-state index in [1.54, 1.807) is 4.68 Å². The van der Waals surface area contributed by atoms with Crippen molar-refractivity contribution in [3.05, 3.63) is 54.6 Å². The first-order valence-electron chi connectivity index (χ1n) is 9.03. The average molecular weight is 361 g/mol. The quantitative estimate of drug-likeness (QED) is 0.726. The van der Waals surface area contributed by atoms with Gasteiger partial charge in [0.2, 0.25) is 11.9 Å². The van der Waals surface area contributed by atoms with Gasteiger partial charge in [0.1, 0.15) is 5.54 Å². The SMILES string of the molecule is O=C1Nc2ccccc2NC12CCN(c1nnnn1-c1ccccc1)CC2. The highest BCUT2D eigenvalue weighted by atomic mass is 16.2. The van der Waals surface area contributed by atoms with E-state index in [1.165, 1.54) is 0 Å². The van der Waals surface area contributed by atoms with Crippen LogP contribution in [0, 0.1) is 0 Å². The van der Waals surface area contributed by atoms with Crippen molar-refractivity contribution >= 4 is 23.2 Å². The Balaban J connectivity index is 1.37. The largest absolute Gasteiger partial charge is 0.369 e. The van der Waals surface area contributed by atoms with Crippen LogP contribution < -0.4 is 15.5 Å². The predicted octanol–water partition coefficient (Wildman–Crippen LogP) is 2.07. The molecule has 2 aliphatic rings. The molecule has 27 heavy (non-hydrogen) atoms. The molecule has 1 aromatic heterocycles. The number of para-hydroxylation sites is 3. The highest BCUT2D eigenvalue weighted by Crippen LogP contribution is 2.37. The molecule has 0 radical (unpaired) electrons. The Labute approximate surface area is 156 Å². The fourth-order valence-corrected chi connectivity index (χ4v) is 3.81. The van der Waals surface area contributed by atoms with Gasteiger partial charge in [-0.1, -0.05) is 35.4 Å². The highest BCUT2D eigenvalue weighted by Gasteiger charge is 2.44. The molecule has 0 aliphatic carbocycles. The monoisotopic (exact) mass is 361 g/mol. The zero-order valence-corrected chi connectivity index (χ0v) is 14.7. The van der Waals surface area contributed by atoms with E-state index in [-0.39, 0.29) is 5.91 Å². The Kier molecular flexibility index (Phi) is 3.56. The van der Waals surface area contributed by atoms with Gasteiger partial charge < -0.3 is 15.5 Å². The van der Waals surface area contributed by atoms with Gasteiger partial charge in [0.15, 0.2) is 0 Å². The van der Waals surface area contributed by atoms with Gasteiger partial charge in [0.05, 0.1) is 17.1 Å². The van der Waals surface area contributed by atoms with Crippen molar-refractivity contribution in [2.45, 2.75) is 18.4 Å². The predicted molar refractivity (Wildman–Crippen MR) is 102 cm³/mol. The molecule has 0 bridgehead atoms. The van der Waals surface area contributed by atoms with E-state index >= 15 is 0 Å². The molecule has 1 amide bonds. The van der Waals surface area contributed by atoms with Gasteiger partial charge in [-0.2, -0.15) is 4.68 Å². The summed E-state index contributed by atoms with van der Waals surface area (Å²) in [6, 6.07) is 17.6. The summed E-state index contributed by atoms with van der Waals surface area (Å²) in [6.45, 7) is 1.38. The third-order valence-corrected chi connectivity index (χ3v) is 5.34. The summed E-state index contributed by atoms with van der Waals surface area (Å²) in [6.07, 6.45) is 1.35. The molecule has 0 saturated carbocycles. The second-order valence-corrected chi connectivity index (χ2v) is 6.92. The molecule has 136 valence electrons. The minimum atomic E-state index is -0.587. The molecule has 1 saturated heterocycles. The summed E-state index contributed by atoms with van der Waals surface area (Å²) >= 11 is 0. The van der Waals surface area contributed by atoms with Crippen LogP contribution in [0.2, 0.25) is 0 Å². The fourth-order valence-electron chi connectivity index (χ4n) is 3.81. The third kappa shape index (κ3) is 2.61. The number of nitrogens with zero attached hydrogens (tertiary/aromatic N) is 5. The van der Waals surface area contributed by atoms with Crippen molar-refractivity contribution in [2.75, 3.05) is 28.6 Å². The molecule has 1 spiro atoms. The molecule has 0 atom stereocenters. The first-order valence-corrected chi connectivity index (χ1v) is 9.03. The second-order valence-electron chi connectivity index (χ2n) is 6.92.